The molecule has 0 atom stereocenters. The van der Waals surface area contributed by atoms with Crippen molar-refractivity contribution in [1.82, 2.24) is 4.57 Å². The van der Waals surface area contributed by atoms with Crippen molar-refractivity contribution >= 4 is 32.6 Å². The molecule has 1 aliphatic rings. The summed E-state index contributed by atoms with van der Waals surface area (Å²) in [5.41, 5.74) is 10.8. The summed E-state index contributed by atoms with van der Waals surface area (Å²) in [5, 5.41) is 4.91. The van der Waals surface area contributed by atoms with Gasteiger partial charge >= 0.3 is 0 Å². The maximum atomic E-state index is 6.36. The first kappa shape index (κ1) is 23.1. The van der Waals surface area contributed by atoms with Gasteiger partial charge in [-0.15, -0.1) is 0 Å². The van der Waals surface area contributed by atoms with Gasteiger partial charge in [-0.25, -0.2) is 0 Å². The quantitative estimate of drug-likeness (QED) is 0.219. The molecule has 2 heterocycles. The Bertz CT molecular complexity index is 2320. The molecule has 196 valence electrons. The van der Waals surface area contributed by atoms with Crippen molar-refractivity contribution in [3.8, 4) is 50.6 Å². The number of hydrogen-bond acceptors (Lipinski definition) is 1. The van der Waals surface area contributed by atoms with E-state index in [1.807, 2.05) is 0 Å². The number of rotatable bonds is 3. The van der Waals surface area contributed by atoms with Crippen molar-refractivity contribution < 1.29 is 4.74 Å². The van der Waals surface area contributed by atoms with Crippen molar-refractivity contribution in [1.29, 1.82) is 0 Å². The van der Waals surface area contributed by atoms with Crippen molar-refractivity contribution in [3.05, 3.63) is 152 Å². The van der Waals surface area contributed by atoms with Crippen molar-refractivity contribution in [2.75, 3.05) is 0 Å². The van der Waals surface area contributed by atoms with Crippen LogP contribution in [0.3, 0.4) is 0 Å². The number of hydrogen-bond donors (Lipinski definition) is 0. The number of benzene rings is 7. The third-order valence-corrected chi connectivity index (χ3v) is 8.58. The van der Waals surface area contributed by atoms with E-state index < -0.39 is 0 Å². The Kier molecular flexibility index (Phi) is 4.93. The SMILES string of the molecule is c1ccc(-n2c3ccccc3c3c(-c4cccc(-c5ccc6c(c5)-c5cccc7cccc(c57)O6)c4)cccc32)cc1. The molecule has 7 aromatic carbocycles. The maximum absolute atomic E-state index is 6.36. The van der Waals surface area contributed by atoms with Gasteiger partial charge in [0.05, 0.1) is 11.0 Å². The van der Waals surface area contributed by atoms with Gasteiger partial charge in [-0.05, 0) is 81.7 Å². The number of nitrogens with zero attached hydrogens (tertiary/aromatic N) is 1. The second-order valence-corrected chi connectivity index (χ2v) is 10.9. The molecule has 42 heavy (non-hydrogen) atoms. The Morgan fingerprint density at radius 3 is 2.05 bits per heavy atom. The summed E-state index contributed by atoms with van der Waals surface area (Å²) in [5.74, 6) is 1.83. The van der Waals surface area contributed by atoms with Crippen molar-refractivity contribution in [2.24, 2.45) is 0 Å². The first-order chi connectivity index (χ1) is 20.8. The summed E-state index contributed by atoms with van der Waals surface area (Å²) in [6, 6.07) is 54.3. The molecule has 0 spiro atoms. The monoisotopic (exact) mass is 535 g/mol. The number of para-hydroxylation sites is 2. The average molecular weight is 536 g/mol. The Balaban J connectivity index is 1.22. The van der Waals surface area contributed by atoms with E-state index in [0.29, 0.717) is 0 Å². The molecule has 1 aromatic heterocycles. The third kappa shape index (κ3) is 3.39. The van der Waals surface area contributed by atoms with Crippen LogP contribution < -0.4 is 4.74 Å². The molecule has 2 heteroatoms. The highest BCUT2D eigenvalue weighted by Gasteiger charge is 2.21. The van der Waals surface area contributed by atoms with E-state index in [1.54, 1.807) is 0 Å². The summed E-state index contributed by atoms with van der Waals surface area (Å²) >= 11 is 0. The van der Waals surface area contributed by atoms with Gasteiger partial charge < -0.3 is 9.30 Å². The summed E-state index contributed by atoms with van der Waals surface area (Å²) in [4.78, 5) is 0. The summed E-state index contributed by atoms with van der Waals surface area (Å²) < 4.78 is 8.73. The Morgan fingerprint density at radius 2 is 1.12 bits per heavy atom. The zero-order chi connectivity index (χ0) is 27.6. The third-order valence-electron chi connectivity index (χ3n) is 8.58. The average Bonchev–Trinajstić information content (AvgIpc) is 3.40. The number of ether oxygens (including phenoxy) is 1. The lowest BCUT2D eigenvalue weighted by Crippen LogP contribution is -1.97. The van der Waals surface area contributed by atoms with Crippen LogP contribution in [0.5, 0.6) is 11.5 Å². The van der Waals surface area contributed by atoms with Gasteiger partial charge in [-0.1, -0.05) is 103 Å². The van der Waals surface area contributed by atoms with E-state index in [4.69, 9.17) is 4.74 Å². The van der Waals surface area contributed by atoms with Crippen LogP contribution in [0.1, 0.15) is 0 Å². The van der Waals surface area contributed by atoms with Crippen LogP contribution in [0, 0.1) is 0 Å². The first-order valence-corrected chi connectivity index (χ1v) is 14.4. The molecule has 2 nitrogen and oxygen atoms in total. The summed E-state index contributed by atoms with van der Waals surface area (Å²) in [6.45, 7) is 0. The predicted molar refractivity (Wildman–Crippen MR) is 175 cm³/mol. The van der Waals surface area contributed by atoms with Gasteiger partial charge in [0.2, 0.25) is 0 Å². The zero-order valence-electron chi connectivity index (χ0n) is 22.8. The highest BCUT2D eigenvalue weighted by Crippen LogP contribution is 2.47. The van der Waals surface area contributed by atoms with E-state index in [2.05, 4.69) is 156 Å². The van der Waals surface area contributed by atoms with E-state index in [-0.39, 0.29) is 0 Å². The van der Waals surface area contributed by atoms with Crippen LogP contribution in [-0.4, -0.2) is 4.57 Å². The van der Waals surface area contributed by atoms with Gasteiger partial charge in [0.25, 0.3) is 0 Å². The van der Waals surface area contributed by atoms with Crippen LogP contribution in [0.25, 0.3) is 71.6 Å². The van der Waals surface area contributed by atoms with Gasteiger partial charge in [0.15, 0.2) is 0 Å². The highest BCUT2D eigenvalue weighted by atomic mass is 16.5. The Hall–Kier alpha value is -5.60. The standard InChI is InChI=1S/C40H25NO/c1-2-14-30(15-3-1)41-35-19-5-4-16-33(35)40-31(17-9-20-36(40)41)29-13-6-12-27(24-29)28-22-23-37-34(25-28)32-18-7-10-26-11-8-21-38(42-37)39(26)32/h1-25H. The van der Waals surface area contributed by atoms with Crippen LogP contribution in [-0.2, 0) is 0 Å². The van der Waals surface area contributed by atoms with Gasteiger partial charge in [-0.2, -0.15) is 0 Å². The second-order valence-electron chi connectivity index (χ2n) is 10.9. The van der Waals surface area contributed by atoms with E-state index in [1.165, 1.54) is 66.1 Å². The summed E-state index contributed by atoms with van der Waals surface area (Å²) in [6.07, 6.45) is 0. The van der Waals surface area contributed by atoms with Crippen LogP contribution in [0.4, 0.5) is 0 Å². The molecule has 0 aliphatic carbocycles. The minimum Gasteiger partial charge on any atom is -0.456 e. The van der Waals surface area contributed by atoms with Crippen molar-refractivity contribution in [2.45, 2.75) is 0 Å². The molecule has 0 bridgehead atoms. The Labute approximate surface area is 243 Å². The van der Waals surface area contributed by atoms with E-state index in [0.717, 1.165) is 17.1 Å². The molecule has 0 saturated heterocycles. The molecule has 0 fully saturated rings. The lowest BCUT2D eigenvalue weighted by molar-refractivity contribution is 0.487. The number of aromatic nitrogens is 1. The lowest BCUT2D eigenvalue weighted by Gasteiger charge is -2.22. The van der Waals surface area contributed by atoms with Crippen LogP contribution in [0.15, 0.2) is 152 Å². The second kappa shape index (κ2) is 8.95. The molecule has 8 aromatic rings. The first-order valence-electron chi connectivity index (χ1n) is 14.4. The molecule has 1 aliphatic heterocycles. The van der Waals surface area contributed by atoms with Gasteiger partial charge in [-0.3, -0.25) is 0 Å². The minimum atomic E-state index is 0.902. The van der Waals surface area contributed by atoms with E-state index >= 15 is 0 Å². The highest BCUT2D eigenvalue weighted by molar-refractivity contribution is 6.16. The molecule has 0 radical (unpaired) electrons. The largest absolute Gasteiger partial charge is 0.456 e. The molecule has 0 saturated carbocycles. The topological polar surface area (TPSA) is 14.2 Å². The normalized spacial score (nSPS) is 12.0. The fourth-order valence-electron chi connectivity index (χ4n) is 6.72. The van der Waals surface area contributed by atoms with Crippen LogP contribution in [0.2, 0.25) is 0 Å². The minimum absolute atomic E-state index is 0.902. The molecular weight excluding hydrogens is 510 g/mol. The van der Waals surface area contributed by atoms with Crippen LogP contribution >= 0.6 is 0 Å². The molecule has 0 unspecified atom stereocenters. The predicted octanol–water partition coefficient (Wildman–Crippen LogP) is 11.0. The molecular formula is C40H25NO. The Morgan fingerprint density at radius 1 is 0.405 bits per heavy atom. The zero-order valence-corrected chi connectivity index (χ0v) is 22.8. The smallest absolute Gasteiger partial charge is 0.135 e. The fraction of sp³-hybridized carbons (Fsp3) is 0. The molecule has 0 N–H and O–H groups in total. The lowest BCUT2D eigenvalue weighted by atomic mass is 9.91. The molecule has 0 amide bonds. The van der Waals surface area contributed by atoms with Gasteiger partial charge in [0, 0.05) is 27.4 Å². The fourth-order valence-corrected chi connectivity index (χ4v) is 6.72. The van der Waals surface area contributed by atoms with E-state index in [9.17, 15) is 0 Å². The van der Waals surface area contributed by atoms with Gasteiger partial charge in [0.1, 0.15) is 11.5 Å². The molecule has 9 rings (SSSR count). The summed E-state index contributed by atoms with van der Waals surface area (Å²) in [7, 11) is 0. The number of fused-ring (bicyclic) bond motifs is 5. The van der Waals surface area contributed by atoms with Crippen molar-refractivity contribution in [3.63, 3.8) is 0 Å². The maximum Gasteiger partial charge on any atom is 0.135 e.